The van der Waals surface area contributed by atoms with E-state index in [1.807, 2.05) is 6.07 Å². The third kappa shape index (κ3) is 3.06. The molecule has 21 heavy (non-hydrogen) atoms. The summed E-state index contributed by atoms with van der Waals surface area (Å²) in [6.07, 6.45) is 6.61. The summed E-state index contributed by atoms with van der Waals surface area (Å²) in [5.74, 6) is -0.139. The lowest BCUT2D eigenvalue weighted by molar-refractivity contribution is 0.0494. The minimum atomic E-state index is -0.139. The summed E-state index contributed by atoms with van der Waals surface area (Å²) < 4.78 is 19.6. The van der Waals surface area contributed by atoms with Gasteiger partial charge in [-0.1, -0.05) is 6.07 Å². The number of rotatable bonds is 5. The van der Waals surface area contributed by atoms with E-state index in [-0.39, 0.29) is 5.82 Å². The van der Waals surface area contributed by atoms with Gasteiger partial charge in [0.25, 0.3) is 0 Å². The second-order valence-corrected chi connectivity index (χ2v) is 6.61. The summed E-state index contributed by atoms with van der Waals surface area (Å²) in [4.78, 5) is 2.29. The minimum absolute atomic E-state index is 0.139. The number of anilines is 1. The molecule has 1 aromatic rings. The zero-order valence-corrected chi connectivity index (χ0v) is 12.4. The highest BCUT2D eigenvalue weighted by molar-refractivity contribution is 5.58. The molecule has 0 bridgehead atoms. The van der Waals surface area contributed by atoms with Crippen molar-refractivity contribution in [1.29, 1.82) is 0 Å². The van der Waals surface area contributed by atoms with Gasteiger partial charge in [0.1, 0.15) is 5.82 Å². The van der Waals surface area contributed by atoms with Gasteiger partial charge in [0.05, 0.1) is 12.2 Å². The lowest BCUT2D eigenvalue weighted by atomic mass is 10.1. The molecule has 0 spiro atoms. The molecule has 4 rings (SSSR count). The van der Waals surface area contributed by atoms with Crippen LogP contribution < -0.4 is 10.2 Å². The van der Waals surface area contributed by atoms with Crippen molar-refractivity contribution in [2.45, 2.75) is 50.4 Å². The molecule has 3 aliphatic rings. The molecule has 2 atom stereocenters. The van der Waals surface area contributed by atoms with Gasteiger partial charge in [-0.3, -0.25) is 0 Å². The number of benzene rings is 1. The number of hydrogen-bond acceptors (Lipinski definition) is 3. The number of nitrogens with one attached hydrogen (secondary N) is 1. The molecular weight excluding hydrogens is 267 g/mol. The molecule has 2 heterocycles. The highest BCUT2D eigenvalue weighted by Gasteiger charge is 2.30. The van der Waals surface area contributed by atoms with Crippen molar-refractivity contribution >= 4 is 5.69 Å². The zero-order chi connectivity index (χ0) is 14.2. The van der Waals surface area contributed by atoms with Crippen molar-refractivity contribution in [3.63, 3.8) is 0 Å². The molecule has 1 aromatic carbocycles. The second kappa shape index (κ2) is 5.58. The van der Waals surface area contributed by atoms with E-state index in [1.54, 1.807) is 12.1 Å². The Bertz CT molecular complexity index is 518. The lowest BCUT2D eigenvalue weighted by Crippen LogP contribution is -2.33. The average Bonchev–Trinajstić information content (AvgIpc) is 3.08. The first-order chi connectivity index (χ1) is 10.3. The Labute approximate surface area is 125 Å². The molecule has 3 nitrogen and oxygen atoms in total. The van der Waals surface area contributed by atoms with Crippen LogP contribution in [0.2, 0.25) is 0 Å². The van der Waals surface area contributed by atoms with Gasteiger partial charge in [0.2, 0.25) is 0 Å². The van der Waals surface area contributed by atoms with E-state index in [4.69, 9.17) is 4.74 Å². The summed E-state index contributed by atoms with van der Waals surface area (Å²) in [5, 5.41) is 3.55. The van der Waals surface area contributed by atoms with E-state index in [0.29, 0.717) is 12.2 Å². The quantitative estimate of drug-likeness (QED) is 0.901. The Balaban J connectivity index is 1.32. The van der Waals surface area contributed by atoms with Crippen LogP contribution in [0.3, 0.4) is 0 Å². The molecule has 1 saturated carbocycles. The fourth-order valence-electron chi connectivity index (χ4n) is 3.50. The predicted molar refractivity (Wildman–Crippen MR) is 81.2 cm³/mol. The molecule has 1 aliphatic carbocycles. The Morgan fingerprint density at radius 3 is 2.90 bits per heavy atom. The molecule has 2 aliphatic heterocycles. The Hall–Kier alpha value is -1.13. The van der Waals surface area contributed by atoms with E-state index in [0.717, 1.165) is 50.6 Å². The molecule has 0 aromatic heterocycles. The minimum Gasteiger partial charge on any atom is -0.372 e. The second-order valence-electron chi connectivity index (χ2n) is 6.61. The number of ether oxygens (including phenoxy) is 1. The average molecular weight is 290 g/mol. The normalized spacial score (nSPS) is 28.1. The summed E-state index contributed by atoms with van der Waals surface area (Å²) in [5.41, 5.74) is 2.33. The van der Waals surface area contributed by atoms with Crippen LogP contribution in [-0.2, 0) is 11.2 Å². The summed E-state index contributed by atoms with van der Waals surface area (Å²) in [7, 11) is 0. The van der Waals surface area contributed by atoms with Crippen LogP contribution in [0.1, 0.15) is 31.2 Å². The summed E-state index contributed by atoms with van der Waals surface area (Å²) in [6.45, 7) is 2.88. The maximum absolute atomic E-state index is 13.4. The van der Waals surface area contributed by atoms with E-state index in [2.05, 4.69) is 10.2 Å². The standard InChI is InChI=1S/C17H23FN2O/c18-13-2-1-12-7-8-20(17(12)9-13)11-16-6-5-15(21-16)10-19-14-3-4-14/h1-2,9,14-16,19H,3-8,10-11H2. The van der Waals surface area contributed by atoms with Gasteiger partial charge in [-0.2, -0.15) is 0 Å². The van der Waals surface area contributed by atoms with Crippen molar-refractivity contribution in [3.05, 3.63) is 29.6 Å². The predicted octanol–water partition coefficient (Wildman–Crippen LogP) is 2.49. The van der Waals surface area contributed by atoms with Crippen molar-refractivity contribution < 1.29 is 9.13 Å². The van der Waals surface area contributed by atoms with Gasteiger partial charge >= 0.3 is 0 Å². The van der Waals surface area contributed by atoms with E-state index >= 15 is 0 Å². The number of halogens is 1. The Kier molecular flexibility index (Phi) is 3.59. The van der Waals surface area contributed by atoms with Gasteiger partial charge in [0.15, 0.2) is 0 Å². The van der Waals surface area contributed by atoms with Crippen molar-refractivity contribution in [1.82, 2.24) is 5.32 Å². The highest BCUT2D eigenvalue weighted by atomic mass is 19.1. The first-order valence-corrected chi connectivity index (χ1v) is 8.20. The Morgan fingerprint density at radius 2 is 2.05 bits per heavy atom. The van der Waals surface area contributed by atoms with Crippen molar-refractivity contribution in [3.8, 4) is 0 Å². The molecule has 0 amide bonds. The van der Waals surface area contributed by atoms with Crippen LogP contribution in [0.15, 0.2) is 18.2 Å². The van der Waals surface area contributed by atoms with Gasteiger partial charge < -0.3 is 15.0 Å². The maximum atomic E-state index is 13.4. The molecule has 1 N–H and O–H groups in total. The fourth-order valence-corrected chi connectivity index (χ4v) is 3.50. The highest BCUT2D eigenvalue weighted by Crippen LogP contribution is 2.31. The molecular formula is C17H23FN2O. The first-order valence-electron chi connectivity index (χ1n) is 8.20. The molecule has 2 fully saturated rings. The van der Waals surface area contributed by atoms with Gasteiger partial charge in [-0.25, -0.2) is 4.39 Å². The largest absolute Gasteiger partial charge is 0.372 e. The molecule has 4 heteroatoms. The Morgan fingerprint density at radius 1 is 1.19 bits per heavy atom. The third-order valence-corrected chi connectivity index (χ3v) is 4.87. The number of hydrogen-bond donors (Lipinski definition) is 1. The molecule has 1 saturated heterocycles. The number of nitrogens with zero attached hydrogens (tertiary/aromatic N) is 1. The van der Waals surface area contributed by atoms with Crippen LogP contribution in [0.5, 0.6) is 0 Å². The summed E-state index contributed by atoms with van der Waals surface area (Å²) >= 11 is 0. The first kappa shape index (κ1) is 13.5. The monoisotopic (exact) mass is 290 g/mol. The smallest absolute Gasteiger partial charge is 0.125 e. The van der Waals surface area contributed by atoms with Crippen LogP contribution in [0, 0.1) is 5.82 Å². The maximum Gasteiger partial charge on any atom is 0.125 e. The molecule has 0 radical (unpaired) electrons. The van der Waals surface area contributed by atoms with Crippen molar-refractivity contribution in [2.24, 2.45) is 0 Å². The van der Waals surface area contributed by atoms with Gasteiger partial charge in [0, 0.05) is 31.4 Å². The van der Waals surface area contributed by atoms with Crippen LogP contribution >= 0.6 is 0 Å². The topological polar surface area (TPSA) is 24.5 Å². The van der Waals surface area contributed by atoms with Crippen molar-refractivity contribution in [2.75, 3.05) is 24.5 Å². The van der Waals surface area contributed by atoms with E-state index < -0.39 is 0 Å². The number of fused-ring (bicyclic) bond motifs is 1. The lowest BCUT2D eigenvalue weighted by Gasteiger charge is -2.23. The van der Waals surface area contributed by atoms with Gasteiger partial charge in [-0.05, 0) is 49.8 Å². The SMILES string of the molecule is Fc1ccc2c(c1)N(CC1CCC(CNC3CC3)O1)CC2. The van der Waals surface area contributed by atoms with Crippen LogP contribution in [0.25, 0.3) is 0 Å². The van der Waals surface area contributed by atoms with E-state index in [1.165, 1.54) is 18.4 Å². The van der Waals surface area contributed by atoms with Crippen LogP contribution in [0.4, 0.5) is 10.1 Å². The fraction of sp³-hybridized carbons (Fsp3) is 0.647. The zero-order valence-electron chi connectivity index (χ0n) is 12.4. The van der Waals surface area contributed by atoms with Gasteiger partial charge in [-0.15, -0.1) is 0 Å². The molecule has 2 unspecified atom stereocenters. The molecule has 114 valence electrons. The third-order valence-electron chi connectivity index (χ3n) is 4.87. The van der Waals surface area contributed by atoms with Crippen LogP contribution in [-0.4, -0.2) is 37.9 Å². The van der Waals surface area contributed by atoms with E-state index in [9.17, 15) is 4.39 Å². The summed E-state index contributed by atoms with van der Waals surface area (Å²) in [6, 6.07) is 5.90.